The third-order valence-corrected chi connectivity index (χ3v) is 3.41. The highest BCUT2D eigenvalue weighted by Gasteiger charge is 2.62. The SMILES string of the molecule is CCOC(=O)C1(CC)CC2(C1)OCCO2. The quantitative estimate of drug-likeness (QED) is 0.667. The van der Waals surface area contributed by atoms with Gasteiger partial charge in [-0.15, -0.1) is 0 Å². The van der Waals surface area contributed by atoms with Crippen LogP contribution in [-0.4, -0.2) is 31.6 Å². The minimum atomic E-state index is -0.469. The van der Waals surface area contributed by atoms with E-state index in [1.54, 1.807) is 0 Å². The van der Waals surface area contributed by atoms with E-state index >= 15 is 0 Å². The lowest BCUT2D eigenvalue weighted by atomic mass is 9.62. The molecule has 1 saturated heterocycles. The molecule has 0 aromatic rings. The van der Waals surface area contributed by atoms with Gasteiger partial charge in [0.05, 0.1) is 25.2 Å². The standard InChI is InChI=1S/C11H18O4/c1-3-10(9(12)13-4-2)7-11(8-10)14-5-6-15-11/h3-8H2,1-2H3. The molecule has 0 aromatic carbocycles. The molecule has 0 amide bonds. The Bertz CT molecular complexity index is 247. The third kappa shape index (κ3) is 1.66. The van der Waals surface area contributed by atoms with Crippen LogP contribution in [0, 0.1) is 5.41 Å². The van der Waals surface area contributed by atoms with Gasteiger partial charge in [-0.2, -0.15) is 0 Å². The summed E-state index contributed by atoms with van der Waals surface area (Å²) >= 11 is 0. The van der Waals surface area contributed by atoms with Gasteiger partial charge in [0.15, 0.2) is 5.79 Å². The molecule has 0 aromatic heterocycles. The average molecular weight is 214 g/mol. The number of esters is 1. The van der Waals surface area contributed by atoms with Crippen molar-refractivity contribution in [3.63, 3.8) is 0 Å². The lowest BCUT2D eigenvalue weighted by Crippen LogP contribution is -2.56. The van der Waals surface area contributed by atoms with E-state index in [1.165, 1.54) is 0 Å². The molecule has 2 fully saturated rings. The van der Waals surface area contributed by atoms with Crippen molar-refractivity contribution in [3.8, 4) is 0 Å². The lowest BCUT2D eigenvalue weighted by Gasteiger charge is -2.50. The number of rotatable bonds is 3. The fraction of sp³-hybridized carbons (Fsp3) is 0.909. The first kappa shape index (κ1) is 10.9. The van der Waals surface area contributed by atoms with Crippen molar-refractivity contribution in [2.24, 2.45) is 5.41 Å². The second kappa shape index (κ2) is 3.76. The van der Waals surface area contributed by atoms with Crippen molar-refractivity contribution >= 4 is 5.97 Å². The Hall–Kier alpha value is -0.610. The van der Waals surface area contributed by atoms with Crippen LogP contribution in [0.4, 0.5) is 0 Å². The van der Waals surface area contributed by atoms with Crippen molar-refractivity contribution in [2.45, 2.75) is 38.9 Å². The first-order valence-corrected chi connectivity index (χ1v) is 5.61. The van der Waals surface area contributed by atoms with Crippen LogP contribution < -0.4 is 0 Å². The summed E-state index contributed by atoms with van der Waals surface area (Å²) in [5.41, 5.74) is -0.361. The Kier molecular flexibility index (Phi) is 2.73. The van der Waals surface area contributed by atoms with Crippen molar-refractivity contribution < 1.29 is 19.0 Å². The summed E-state index contributed by atoms with van der Waals surface area (Å²) in [4.78, 5) is 11.8. The second-order valence-corrected chi connectivity index (χ2v) is 4.32. The highest BCUT2D eigenvalue weighted by Crippen LogP contribution is 2.55. The highest BCUT2D eigenvalue weighted by molar-refractivity contribution is 5.78. The van der Waals surface area contributed by atoms with E-state index in [0.29, 0.717) is 32.7 Å². The number of hydrogen-bond acceptors (Lipinski definition) is 4. The topological polar surface area (TPSA) is 44.8 Å². The van der Waals surface area contributed by atoms with Gasteiger partial charge < -0.3 is 14.2 Å². The number of hydrogen-bond donors (Lipinski definition) is 0. The normalized spacial score (nSPS) is 26.3. The predicted octanol–water partition coefficient (Wildman–Crippen LogP) is 1.48. The molecule has 4 nitrogen and oxygen atoms in total. The van der Waals surface area contributed by atoms with E-state index in [4.69, 9.17) is 14.2 Å². The Morgan fingerprint density at radius 2 is 1.87 bits per heavy atom. The summed E-state index contributed by atoms with van der Waals surface area (Å²) < 4.78 is 16.2. The van der Waals surface area contributed by atoms with E-state index in [1.807, 2.05) is 13.8 Å². The van der Waals surface area contributed by atoms with Crippen LogP contribution in [0.2, 0.25) is 0 Å². The number of carbonyl (C=O) groups is 1. The summed E-state index contributed by atoms with van der Waals surface area (Å²) in [5, 5.41) is 0. The molecule has 1 aliphatic heterocycles. The van der Waals surface area contributed by atoms with Crippen LogP contribution in [0.3, 0.4) is 0 Å². The molecule has 2 rings (SSSR count). The molecule has 0 atom stereocenters. The summed E-state index contributed by atoms with van der Waals surface area (Å²) in [5.74, 6) is -0.569. The monoisotopic (exact) mass is 214 g/mol. The summed E-state index contributed by atoms with van der Waals surface area (Å²) in [6, 6.07) is 0. The second-order valence-electron chi connectivity index (χ2n) is 4.32. The fourth-order valence-corrected chi connectivity index (χ4v) is 2.50. The third-order valence-electron chi connectivity index (χ3n) is 3.41. The first-order valence-electron chi connectivity index (χ1n) is 5.61. The molecule has 1 heterocycles. The highest BCUT2D eigenvalue weighted by atomic mass is 16.7. The van der Waals surface area contributed by atoms with Crippen LogP contribution >= 0.6 is 0 Å². The van der Waals surface area contributed by atoms with Crippen LogP contribution in [0.5, 0.6) is 0 Å². The van der Waals surface area contributed by atoms with Gasteiger partial charge in [-0.3, -0.25) is 4.79 Å². The Morgan fingerprint density at radius 3 is 2.33 bits per heavy atom. The van der Waals surface area contributed by atoms with Gasteiger partial charge in [0, 0.05) is 12.8 Å². The Labute approximate surface area is 89.9 Å². The lowest BCUT2D eigenvalue weighted by molar-refractivity contribution is -0.264. The minimum Gasteiger partial charge on any atom is -0.466 e. The molecule has 1 aliphatic carbocycles. The zero-order valence-corrected chi connectivity index (χ0v) is 9.38. The maximum Gasteiger partial charge on any atom is 0.312 e. The summed E-state index contributed by atoms with van der Waals surface area (Å²) in [7, 11) is 0. The van der Waals surface area contributed by atoms with Gasteiger partial charge in [0.25, 0.3) is 0 Å². The van der Waals surface area contributed by atoms with Crippen LogP contribution in [0.15, 0.2) is 0 Å². The predicted molar refractivity (Wildman–Crippen MR) is 53.2 cm³/mol. The molecular formula is C11H18O4. The van der Waals surface area contributed by atoms with E-state index < -0.39 is 5.79 Å². The summed E-state index contributed by atoms with van der Waals surface area (Å²) in [6.45, 7) is 5.57. The average Bonchev–Trinajstić information content (AvgIpc) is 2.63. The maximum atomic E-state index is 11.8. The van der Waals surface area contributed by atoms with Crippen LogP contribution in [0.1, 0.15) is 33.1 Å². The molecule has 15 heavy (non-hydrogen) atoms. The van der Waals surface area contributed by atoms with Crippen molar-refractivity contribution in [1.82, 2.24) is 0 Å². The minimum absolute atomic E-state index is 0.0998. The van der Waals surface area contributed by atoms with Crippen molar-refractivity contribution in [3.05, 3.63) is 0 Å². The van der Waals surface area contributed by atoms with E-state index in [2.05, 4.69) is 0 Å². The molecule has 0 bridgehead atoms. The van der Waals surface area contributed by atoms with Crippen LogP contribution in [0.25, 0.3) is 0 Å². The van der Waals surface area contributed by atoms with Gasteiger partial charge in [0.1, 0.15) is 0 Å². The van der Waals surface area contributed by atoms with Gasteiger partial charge in [0.2, 0.25) is 0 Å². The van der Waals surface area contributed by atoms with E-state index in [-0.39, 0.29) is 11.4 Å². The van der Waals surface area contributed by atoms with Crippen molar-refractivity contribution in [1.29, 1.82) is 0 Å². The van der Waals surface area contributed by atoms with Crippen LogP contribution in [-0.2, 0) is 19.0 Å². The molecule has 0 radical (unpaired) electrons. The zero-order chi connectivity index (χ0) is 10.9. The molecule has 86 valence electrons. The Balaban J connectivity index is 1.99. The van der Waals surface area contributed by atoms with Crippen molar-refractivity contribution in [2.75, 3.05) is 19.8 Å². The number of ether oxygens (including phenoxy) is 3. The van der Waals surface area contributed by atoms with Gasteiger partial charge in [-0.05, 0) is 13.3 Å². The fourth-order valence-electron chi connectivity index (χ4n) is 2.50. The number of carbonyl (C=O) groups excluding carboxylic acids is 1. The largest absolute Gasteiger partial charge is 0.466 e. The molecule has 1 saturated carbocycles. The molecule has 0 N–H and O–H groups in total. The van der Waals surface area contributed by atoms with Gasteiger partial charge in [-0.1, -0.05) is 6.92 Å². The molecule has 0 unspecified atom stereocenters. The summed E-state index contributed by atoms with van der Waals surface area (Å²) in [6.07, 6.45) is 2.09. The van der Waals surface area contributed by atoms with Gasteiger partial charge in [-0.25, -0.2) is 0 Å². The maximum absolute atomic E-state index is 11.8. The first-order chi connectivity index (χ1) is 7.16. The van der Waals surface area contributed by atoms with Gasteiger partial charge >= 0.3 is 5.97 Å². The zero-order valence-electron chi connectivity index (χ0n) is 9.38. The van der Waals surface area contributed by atoms with E-state index in [0.717, 1.165) is 6.42 Å². The molecule has 2 aliphatic rings. The van der Waals surface area contributed by atoms with E-state index in [9.17, 15) is 4.79 Å². The molecule has 4 heteroatoms. The Morgan fingerprint density at radius 1 is 1.27 bits per heavy atom. The molecule has 1 spiro atoms. The smallest absolute Gasteiger partial charge is 0.312 e. The molecular weight excluding hydrogens is 196 g/mol.